The molecule has 0 bridgehead atoms. The van der Waals surface area contributed by atoms with Crippen LogP contribution in [0, 0.1) is 0 Å². The molecule has 4 nitrogen and oxygen atoms in total. The summed E-state index contributed by atoms with van der Waals surface area (Å²) >= 11 is 0. The van der Waals surface area contributed by atoms with Gasteiger partial charge in [0.25, 0.3) is 0 Å². The van der Waals surface area contributed by atoms with Crippen LogP contribution in [0.4, 0.5) is 0 Å². The zero-order valence-corrected chi connectivity index (χ0v) is 15.2. The fourth-order valence-corrected chi connectivity index (χ4v) is 0.999. The largest absolute Gasteiger partial charge is 0.480 e. The van der Waals surface area contributed by atoms with E-state index in [4.69, 9.17) is 5.11 Å². The molecule has 1 N–H and O–H groups in total. The van der Waals surface area contributed by atoms with E-state index in [2.05, 4.69) is 30.5 Å². The van der Waals surface area contributed by atoms with Gasteiger partial charge in [-0.2, -0.15) is 0 Å². The molecule has 0 unspecified atom stereocenters. The maximum absolute atomic E-state index is 9.47. The maximum Gasteiger partial charge on any atom is 0.329 e. The Balaban J connectivity index is -0.0000000867. The van der Waals surface area contributed by atoms with E-state index in [1.165, 1.54) is 45.9 Å². The van der Waals surface area contributed by atoms with Crippen molar-refractivity contribution in [3.63, 3.8) is 0 Å². The summed E-state index contributed by atoms with van der Waals surface area (Å²) in [7, 11) is 3.52. The molecule has 0 aromatic carbocycles. The van der Waals surface area contributed by atoms with E-state index < -0.39 is 5.97 Å². The van der Waals surface area contributed by atoms with E-state index in [0.29, 0.717) is 0 Å². The van der Waals surface area contributed by atoms with Gasteiger partial charge in [-0.15, -0.1) is 0 Å². The van der Waals surface area contributed by atoms with E-state index in [1.54, 1.807) is 0 Å². The Hall–Kier alpha value is -0.610. The van der Waals surface area contributed by atoms with Crippen LogP contribution in [0.5, 0.6) is 0 Å². The van der Waals surface area contributed by atoms with Gasteiger partial charge in [-0.05, 0) is 33.0 Å². The third-order valence-electron chi connectivity index (χ3n) is 2.10. The highest BCUT2D eigenvalue weighted by atomic mass is 16.5. The first kappa shape index (κ1) is 27.7. The molecule has 0 saturated carbocycles. The number of aliphatic carboxylic acids is 1. The molecule has 0 aliphatic carbocycles. The van der Waals surface area contributed by atoms with E-state index in [9.17, 15) is 4.79 Å². The summed E-state index contributed by atoms with van der Waals surface area (Å²) < 4.78 is 4.20. The standard InChI is InChI=1S/C5H11N.C4H10.C3H6O3.2C2H6/c1-6-4-2-3-5-6;1-3-4-2;1-6-2-3(4)5;2*1-2/h2-5H2,1H3;3-4H2,1-2H3;2H2,1H3,(H,4,5);2*1-2H3. The van der Waals surface area contributed by atoms with Gasteiger partial charge in [0.2, 0.25) is 0 Å². The van der Waals surface area contributed by atoms with Gasteiger partial charge >= 0.3 is 5.97 Å². The Labute approximate surface area is 127 Å². The smallest absolute Gasteiger partial charge is 0.329 e. The quantitative estimate of drug-likeness (QED) is 0.843. The number of nitrogens with zero attached hydrogens (tertiary/aromatic N) is 1. The van der Waals surface area contributed by atoms with E-state index in [-0.39, 0.29) is 6.61 Å². The molecular weight excluding hydrogens is 254 g/mol. The number of carboxylic acids is 1. The molecule has 1 aliphatic heterocycles. The number of hydrogen-bond acceptors (Lipinski definition) is 3. The zero-order chi connectivity index (χ0) is 16.8. The van der Waals surface area contributed by atoms with Crippen LogP contribution in [-0.2, 0) is 9.53 Å². The number of carboxylic acid groups (broad SMARTS) is 1. The summed E-state index contributed by atoms with van der Waals surface area (Å²) in [5, 5.41) is 7.79. The fraction of sp³-hybridized carbons (Fsp3) is 0.938. The number of carbonyl (C=O) groups is 1. The molecule has 0 spiro atoms. The second-order valence-corrected chi connectivity index (χ2v) is 3.84. The Bertz CT molecular complexity index is 145. The Morgan fingerprint density at radius 1 is 1.05 bits per heavy atom. The van der Waals surface area contributed by atoms with Gasteiger partial charge in [0, 0.05) is 7.11 Å². The molecular formula is C16H39NO3. The first-order valence-electron chi connectivity index (χ1n) is 7.97. The fourth-order valence-electron chi connectivity index (χ4n) is 0.999. The molecule has 1 fully saturated rings. The Kier molecular flexibility index (Phi) is 42.9. The van der Waals surface area contributed by atoms with Crippen molar-refractivity contribution in [2.45, 2.75) is 67.2 Å². The van der Waals surface area contributed by atoms with Crippen LogP contribution in [0.15, 0.2) is 0 Å². The third kappa shape index (κ3) is 43.3. The Morgan fingerprint density at radius 3 is 1.45 bits per heavy atom. The van der Waals surface area contributed by atoms with Gasteiger partial charge in [-0.3, -0.25) is 0 Å². The van der Waals surface area contributed by atoms with Gasteiger partial charge in [-0.25, -0.2) is 4.79 Å². The SMILES string of the molecule is CC.CC.CCCC.CN1CCCC1.COCC(=O)O. The van der Waals surface area contributed by atoms with Crippen LogP contribution < -0.4 is 0 Å². The molecule has 1 rings (SSSR count). The van der Waals surface area contributed by atoms with Gasteiger partial charge in [0.05, 0.1) is 0 Å². The summed E-state index contributed by atoms with van der Waals surface area (Å²) in [6.07, 6.45) is 5.47. The molecule has 0 radical (unpaired) electrons. The number of unbranched alkanes of at least 4 members (excludes halogenated alkanes) is 1. The van der Waals surface area contributed by atoms with Crippen molar-refractivity contribution >= 4 is 5.97 Å². The second-order valence-electron chi connectivity index (χ2n) is 3.84. The predicted octanol–water partition coefficient (Wildman–Crippen LogP) is 4.29. The molecule has 0 atom stereocenters. The van der Waals surface area contributed by atoms with Crippen molar-refractivity contribution in [1.82, 2.24) is 4.90 Å². The molecule has 0 aromatic rings. The van der Waals surface area contributed by atoms with Crippen LogP contribution in [0.25, 0.3) is 0 Å². The van der Waals surface area contributed by atoms with Crippen LogP contribution in [0.1, 0.15) is 67.2 Å². The third-order valence-corrected chi connectivity index (χ3v) is 2.10. The average molecular weight is 293 g/mol. The predicted molar refractivity (Wildman–Crippen MR) is 89.5 cm³/mol. The molecule has 0 amide bonds. The van der Waals surface area contributed by atoms with E-state index >= 15 is 0 Å². The molecule has 20 heavy (non-hydrogen) atoms. The van der Waals surface area contributed by atoms with Crippen molar-refractivity contribution in [3.05, 3.63) is 0 Å². The Morgan fingerprint density at radius 2 is 1.40 bits per heavy atom. The van der Waals surface area contributed by atoms with Crippen molar-refractivity contribution in [3.8, 4) is 0 Å². The lowest BCUT2D eigenvalue weighted by Crippen LogP contribution is -2.10. The highest BCUT2D eigenvalue weighted by molar-refractivity contribution is 5.67. The monoisotopic (exact) mass is 293 g/mol. The zero-order valence-electron chi connectivity index (χ0n) is 15.2. The molecule has 4 heteroatoms. The van der Waals surface area contributed by atoms with Gasteiger partial charge in [0.15, 0.2) is 0 Å². The number of hydrogen-bond donors (Lipinski definition) is 1. The highest BCUT2D eigenvalue weighted by Crippen LogP contribution is 2.02. The van der Waals surface area contributed by atoms with E-state index in [0.717, 1.165) is 0 Å². The average Bonchev–Trinajstić information content (AvgIpc) is 2.95. The van der Waals surface area contributed by atoms with Crippen LogP contribution >= 0.6 is 0 Å². The van der Waals surface area contributed by atoms with Crippen LogP contribution in [0.2, 0.25) is 0 Å². The number of rotatable bonds is 3. The summed E-state index contributed by atoms with van der Waals surface area (Å²) in [6, 6.07) is 0. The number of likely N-dealkylation sites (tertiary alicyclic amines) is 1. The van der Waals surface area contributed by atoms with Crippen LogP contribution in [-0.4, -0.2) is 49.8 Å². The minimum absolute atomic E-state index is 0.208. The lowest BCUT2D eigenvalue weighted by Gasteiger charge is -2.01. The van der Waals surface area contributed by atoms with Crippen molar-refractivity contribution in [2.75, 3.05) is 33.9 Å². The van der Waals surface area contributed by atoms with Crippen molar-refractivity contribution in [2.24, 2.45) is 0 Å². The highest BCUT2D eigenvalue weighted by Gasteiger charge is 2.03. The van der Waals surface area contributed by atoms with E-state index in [1.807, 2.05) is 27.7 Å². The molecule has 0 aromatic heterocycles. The first-order chi connectivity index (χ1) is 9.58. The topological polar surface area (TPSA) is 49.8 Å². The van der Waals surface area contributed by atoms with Crippen LogP contribution in [0.3, 0.4) is 0 Å². The first-order valence-corrected chi connectivity index (χ1v) is 7.97. The lowest BCUT2D eigenvalue weighted by atomic mass is 10.4. The van der Waals surface area contributed by atoms with Gasteiger partial charge in [-0.1, -0.05) is 54.4 Å². The second kappa shape index (κ2) is 31.0. The lowest BCUT2D eigenvalue weighted by molar-refractivity contribution is -0.141. The molecule has 1 saturated heterocycles. The summed E-state index contributed by atoms with van der Waals surface area (Å²) in [4.78, 5) is 11.8. The van der Waals surface area contributed by atoms with Gasteiger partial charge in [0.1, 0.15) is 6.61 Å². The summed E-state index contributed by atoms with van der Waals surface area (Å²) in [6.45, 7) is 14.8. The molecule has 1 heterocycles. The summed E-state index contributed by atoms with van der Waals surface area (Å²) in [5.74, 6) is -0.933. The molecule has 1 aliphatic rings. The minimum atomic E-state index is -0.933. The minimum Gasteiger partial charge on any atom is -0.480 e. The number of ether oxygens (including phenoxy) is 1. The van der Waals surface area contributed by atoms with Crippen molar-refractivity contribution in [1.29, 1.82) is 0 Å². The normalized spacial score (nSPS) is 12.2. The van der Waals surface area contributed by atoms with Gasteiger partial charge < -0.3 is 14.7 Å². The molecule has 126 valence electrons. The summed E-state index contributed by atoms with van der Waals surface area (Å²) in [5.41, 5.74) is 0. The number of methoxy groups -OCH3 is 1. The van der Waals surface area contributed by atoms with Crippen molar-refractivity contribution < 1.29 is 14.6 Å². The maximum atomic E-state index is 9.47.